The number of carbonyl (C=O) groups is 2. The van der Waals surface area contributed by atoms with Gasteiger partial charge in [0.1, 0.15) is 6.54 Å². The van der Waals surface area contributed by atoms with Crippen molar-refractivity contribution in [3.63, 3.8) is 0 Å². The number of sulfone groups is 1. The van der Waals surface area contributed by atoms with Crippen LogP contribution >= 0.6 is 11.8 Å². The second kappa shape index (κ2) is 13.1. The zero-order valence-electron chi connectivity index (χ0n) is 21.3. The van der Waals surface area contributed by atoms with E-state index in [4.69, 9.17) is 5.26 Å². The lowest BCUT2D eigenvalue weighted by Gasteiger charge is -2.36. The lowest BCUT2D eigenvalue weighted by atomic mass is 9.80. The number of hydrogen-bond donors (Lipinski definition) is 1. The minimum Gasteiger partial charge on any atom is -0.368 e. The maximum Gasteiger partial charge on any atom is 0.233 e. The van der Waals surface area contributed by atoms with Crippen LogP contribution in [0.5, 0.6) is 0 Å². The van der Waals surface area contributed by atoms with Crippen LogP contribution in [0.25, 0.3) is 0 Å². The summed E-state index contributed by atoms with van der Waals surface area (Å²) in [4.78, 5) is 34.4. The Bertz CT molecular complexity index is 1240. The number of amides is 2. The predicted molar refractivity (Wildman–Crippen MR) is 146 cm³/mol. The molecule has 2 unspecified atom stereocenters. The number of rotatable bonds is 9. The van der Waals surface area contributed by atoms with E-state index in [1.165, 1.54) is 11.8 Å². The molecule has 1 aliphatic heterocycles. The first-order valence-electron chi connectivity index (χ1n) is 12.9. The lowest BCUT2D eigenvalue weighted by Crippen LogP contribution is -2.49. The zero-order valence-corrected chi connectivity index (χ0v) is 22.9. The first kappa shape index (κ1) is 27.9. The molecular formula is C27H33N5O4S2. The van der Waals surface area contributed by atoms with Crippen molar-refractivity contribution in [2.24, 2.45) is 11.8 Å². The molecule has 1 N–H and O–H groups in total. The number of nitriles is 1. The van der Waals surface area contributed by atoms with Gasteiger partial charge in [-0.3, -0.25) is 14.6 Å². The van der Waals surface area contributed by atoms with Gasteiger partial charge in [-0.25, -0.2) is 8.42 Å². The number of benzene rings is 1. The summed E-state index contributed by atoms with van der Waals surface area (Å²) in [6, 6.07) is 12.5. The molecule has 1 aromatic heterocycles. The molecular weight excluding hydrogens is 522 g/mol. The maximum atomic E-state index is 13.1. The Morgan fingerprint density at radius 2 is 1.71 bits per heavy atom. The van der Waals surface area contributed by atoms with Crippen molar-refractivity contribution in [3.8, 4) is 6.07 Å². The summed E-state index contributed by atoms with van der Waals surface area (Å²) in [5.41, 5.74) is 1.11. The van der Waals surface area contributed by atoms with E-state index >= 15 is 0 Å². The number of anilines is 1. The molecule has 0 radical (unpaired) electrons. The molecule has 0 spiro atoms. The highest BCUT2D eigenvalue weighted by atomic mass is 32.2. The van der Waals surface area contributed by atoms with Gasteiger partial charge in [0.25, 0.3) is 0 Å². The van der Waals surface area contributed by atoms with Gasteiger partial charge >= 0.3 is 0 Å². The van der Waals surface area contributed by atoms with Gasteiger partial charge < -0.3 is 15.1 Å². The van der Waals surface area contributed by atoms with Crippen LogP contribution in [0.15, 0.2) is 58.6 Å². The Balaban J connectivity index is 1.28. The highest BCUT2D eigenvalue weighted by molar-refractivity contribution is 8.00. The molecule has 38 heavy (non-hydrogen) atoms. The molecule has 0 bridgehead atoms. The monoisotopic (exact) mass is 555 g/mol. The third-order valence-corrected chi connectivity index (χ3v) is 10.1. The van der Waals surface area contributed by atoms with Crippen LogP contribution < -0.4 is 10.2 Å². The predicted octanol–water partition coefficient (Wildman–Crippen LogP) is 2.74. The number of nitrogens with one attached hydrogen (secondary N) is 1. The van der Waals surface area contributed by atoms with Gasteiger partial charge in [-0.2, -0.15) is 5.26 Å². The topological polar surface area (TPSA) is 123 Å². The van der Waals surface area contributed by atoms with Crippen molar-refractivity contribution in [1.82, 2.24) is 15.2 Å². The Hall–Kier alpha value is -3.10. The number of aromatic nitrogens is 1. The first-order valence-corrected chi connectivity index (χ1v) is 15.5. The Kier molecular flexibility index (Phi) is 9.63. The minimum atomic E-state index is -3.58. The molecule has 202 valence electrons. The third kappa shape index (κ3) is 7.26. The zero-order chi connectivity index (χ0) is 27.0. The average molecular weight is 556 g/mol. The number of pyridine rings is 1. The highest BCUT2D eigenvalue weighted by Gasteiger charge is 2.34. The van der Waals surface area contributed by atoms with Crippen LogP contribution in [0, 0.1) is 23.2 Å². The summed E-state index contributed by atoms with van der Waals surface area (Å²) in [7, 11) is -3.58. The van der Waals surface area contributed by atoms with E-state index < -0.39 is 9.84 Å². The standard InChI is InChI=1S/C27H33N5O4S2/c28-11-14-30-27(34)25-4-2-1-3-21(25)20-38(35,36)24-7-5-23(6-8-24)37-19-26(33)32-17-15-31(16-18-32)22-9-12-29-13-10-22/h5-10,12-13,21,25H,1-4,14-20H2,(H,30,34). The van der Waals surface area contributed by atoms with Crippen molar-refractivity contribution < 1.29 is 18.0 Å². The molecule has 2 fully saturated rings. The molecule has 1 aromatic carbocycles. The Labute approximate surface area is 228 Å². The molecule has 1 saturated heterocycles. The van der Waals surface area contributed by atoms with Crippen LogP contribution in [-0.2, 0) is 19.4 Å². The fourth-order valence-electron chi connectivity index (χ4n) is 5.14. The van der Waals surface area contributed by atoms with Crippen LogP contribution in [0.4, 0.5) is 5.69 Å². The highest BCUT2D eigenvalue weighted by Crippen LogP contribution is 2.33. The Morgan fingerprint density at radius 1 is 1.03 bits per heavy atom. The third-order valence-electron chi connectivity index (χ3n) is 7.23. The molecule has 2 atom stereocenters. The van der Waals surface area contributed by atoms with E-state index in [1.807, 2.05) is 23.1 Å². The van der Waals surface area contributed by atoms with Gasteiger partial charge in [-0.05, 0) is 55.2 Å². The maximum absolute atomic E-state index is 13.1. The smallest absolute Gasteiger partial charge is 0.233 e. The van der Waals surface area contributed by atoms with Crippen LogP contribution in [0.1, 0.15) is 25.7 Å². The second-order valence-electron chi connectivity index (χ2n) is 9.64. The summed E-state index contributed by atoms with van der Waals surface area (Å²) in [6.45, 7) is 2.80. The second-order valence-corrected chi connectivity index (χ2v) is 12.7. The van der Waals surface area contributed by atoms with E-state index in [1.54, 1.807) is 36.7 Å². The number of thioether (sulfide) groups is 1. The number of hydrogen-bond acceptors (Lipinski definition) is 8. The van der Waals surface area contributed by atoms with Crippen LogP contribution in [-0.4, -0.2) is 74.3 Å². The van der Waals surface area contributed by atoms with E-state index in [9.17, 15) is 18.0 Å². The van der Waals surface area contributed by atoms with E-state index in [-0.39, 0.29) is 40.8 Å². The van der Waals surface area contributed by atoms with Crippen LogP contribution in [0.2, 0.25) is 0 Å². The normalized spacial score (nSPS) is 20.0. The molecule has 1 saturated carbocycles. The van der Waals surface area contributed by atoms with E-state index in [0.29, 0.717) is 31.7 Å². The van der Waals surface area contributed by atoms with Gasteiger partial charge in [0.2, 0.25) is 11.8 Å². The summed E-state index contributed by atoms with van der Waals surface area (Å²) in [5.74, 6) is -0.616. The van der Waals surface area contributed by atoms with Crippen molar-refractivity contribution in [3.05, 3.63) is 48.8 Å². The van der Waals surface area contributed by atoms with E-state index in [2.05, 4.69) is 15.2 Å². The van der Waals surface area contributed by atoms with Crippen LogP contribution in [0.3, 0.4) is 0 Å². The summed E-state index contributed by atoms with van der Waals surface area (Å²) >= 11 is 1.40. The molecule has 1 aliphatic carbocycles. The summed E-state index contributed by atoms with van der Waals surface area (Å²) in [5, 5.41) is 11.3. The average Bonchev–Trinajstić information content (AvgIpc) is 2.95. The summed E-state index contributed by atoms with van der Waals surface area (Å²) in [6.07, 6.45) is 6.63. The molecule has 4 rings (SSSR count). The molecule has 2 amide bonds. The lowest BCUT2D eigenvalue weighted by molar-refractivity contribution is -0.129. The molecule has 11 heteroatoms. The molecule has 2 aromatic rings. The first-order chi connectivity index (χ1) is 18.4. The van der Waals surface area contributed by atoms with Crippen molar-refractivity contribution >= 4 is 39.1 Å². The van der Waals surface area contributed by atoms with Crippen molar-refractivity contribution in [1.29, 1.82) is 5.26 Å². The van der Waals surface area contributed by atoms with Crippen molar-refractivity contribution in [2.75, 3.05) is 49.1 Å². The molecule has 2 heterocycles. The number of piperazine rings is 1. The quantitative estimate of drug-likeness (QED) is 0.370. The van der Waals surface area contributed by atoms with Gasteiger partial charge in [0.15, 0.2) is 9.84 Å². The van der Waals surface area contributed by atoms with Gasteiger partial charge in [0.05, 0.1) is 22.5 Å². The van der Waals surface area contributed by atoms with Gasteiger partial charge in [-0.15, -0.1) is 11.8 Å². The molecule has 2 aliphatic rings. The fourth-order valence-corrected chi connectivity index (χ4v) is 7.64. The SMILES string of the molecule is N#CCNC(=O)C1CCCCC1CS(=O)(=O)c1ccc(SCC(=O)N2CCN(c3ccncc3)CC2)cc1. The van der Waals surface area contributed by atoms with Gasteiger partial charge in [-0.1, -0.05) is 12.8 Å². The Morgan fingerprint density at radius 3 is 2.39 bits per heavy atom. The summed E-state index contributed by atoms with van der Waals surface area (Å²) < 4.78 is 26.3. The largest absolute Gasteiger partial charge is 0.368 e. The molecule has 9 nitrogen and oxygen atoms in total. The van der Waals surface area contributed by atoms with Gasteiger partial charge in [0, 0.05) is 55.1 Å². The van der Waals surface area contributed by atoms with Crippen molar-refractivity contribution in [2.45, 2.75) is 35.5 Å². The number of carbonyl (C=O) groups excluding carboxylic acids is 2. The number of nitrogens with zero attached hydrogens (tertiary/aromatic N) is 4. The van der Waals surface area contributed by atoms with E-state index in [0.717, 1.165) is 36.5 Å². The fraction of sp³-hybridized carbons (Fsp3) is 0.481. The minimum absolute atomic E-state index is 0.0686.